The largest absolute Gasteiger partial charge is 0.368 e. The average molecular weight is 623 g/mol. The quantitative estimate of drug-likeness (QED) is 0.296. The fraction of sp³-hybridized carbons (Fsp3) is 0.457. The summed E-state index contributed by atoms with van der Waals surface area (Å²) in [5, 5.41) is 12.0. The molecule has 2 aliphatic heterocycles. The molecule has 0 radical (unpaired) electrons. The smallest absolute Gasteiger partial charge is 0.258 e. The Morgan fingerprint density at radius 3 is 2.48 bits per heavy atom. The molecule has 0 unspecified atom stereocenters. The Bertz CT molecular complexity index is 1660. The molecule has 46 heavy (non-hydrogen) atoms. The van der Waals surface area contributed by atoms with Crippen molar-refractivity contribution in [2.45, 2.75) is 50.0 Å². The number of anilines is 2. The molecule has 0 bridgehead atoms. The Morgan fingerprint density at radius 1 is 0.978 bits per heavy atom. The van der Waals surface area contributed by atoms with Gasteiger partial charge in [-0.2, -0.15) is 5.10 Å². The first-order valence-electron chi connectivity index (χ1n) is 16.5. The lowest BCUT2D eigenvalue weighted by molar-refractivity contribution is -0.138. The molecule has 3 fully saturated rings. The summed E-state index contributed by atoms with van der Waals surface area (Å²) < 4.78 is 5.87. The zero-order valence-corrected chi connectivity index (χ0v) is 26.5. The van der Waals surface area contributed by atoms with Gasteiger partial charge in [0.2, 0.25) is 5.91 Å². The minimum absolute atomic E-state index is 0.0872. The number of methoxy groups -OCH3 is 1. The SMILES string of the molecule is CO[C@@]1(C(=O)Nc2ccc3n[nH]c(C4CCCCC4)c3c2)CCN(CC(=O)N2CCN(c3ccc(-c4ncccn4)cc3)CC2)C1. The number of hydrogen-bond acceptors (Lipinski definition) is 8. The van der Waals surface area contributed by atoms with Crippen LogP contribution in [0.25, 0.3) is 22.3 Å². The standard InChI is InChI=1S/C35H42N8O3/c1-46-35(34(45)38-27-10-13-30-29(22-27)32(40-39-30)25-6-3-2-4-7-25)14-17-41(24-35)23-31(44)43-20-18-42(19-21-43)28-11-8-26(9-12-28)33-36-15-5-16-37-33/h5,8-13,15-16,22,25H,2-4,6-7,14,17-21,23-24H2,1H3,(H,38,45)(H,39,40)/t35-/m0/s1. The molecule has 240 valence electrons. The molecule has 2 aromatic heterocycles. The molecule has 0 spiro atoms. The van der Waals surface area contributed by atoms with Crippen LogP contribution in [0, 0.1) is 0 Å². The van der Waals surface area contributed by atoms with Crippen molar-refractivity contribution >= 4 is 34.1 Å². The summed E-state index contributed by atoms with van der Waals surface area (Å²) in [5.74, 6) is 1.11. The number of likely N-dealkylation sites (tertiary alicyclic amines) is 1. The Hall–Kier alpha value is -4.35. The first-order chi connectivity index (χ1) is 22.5. The molecule has 2 N–H and O–H groups in total. The zero-order valence-electron chi connectivity index (χ0n) is 26.5. The van der Waals surface area contributed by atoms with Crippen molar-refractivity contribution in [3.8, 4) is 11.4 Å². The molecule has 2 saturated heterocycles. The van der Waals surface area contributed by atoms with Crippen LogP contribution >= 0.6 is 0 Å². The number of fused-ring (bicyclic) bond motifs is 1. The van der Waals surface area contributed by atoms with Gasteiger partial charge in [-0.3, -0.25) is 19.6 Å². The number of piperazine rings is 1. The van der Waals surface area contributed by atoms with Crippen LogP contribution in [0.4, 0.5) is 11.4 Å². The second-order valence-corrected chi connectivity index (χ2v) is 12.8. The molecule has 11 nitrogen and oxygen atoms in total. The van der Waals surface area contributed by atoms with Crippen LogP contribution in [-0.4, -0.2) is 100 Å². The van der Waals surface area contributed by atoms with Crippen LogP contribution in [0.3, 0.4) is 0 Å². The number of rotatable bonds is 8. The van der Waals surface area contributed by atoms with Crippen LogP contribution in [0.15, 0.2) is 60.9 Å². The Balaban J connectivity index is 0.926. The summed E-state index contributed by atoms with van der Waals surface area (Å²) in [5.41, 5.74) is 3.93. The van der Waals surface area contributed by atoms with Crippen LogP contribution < -0.4 is 10.2 Å². The van der Waals surface area contributed by atoms with Gasteiger partial charge in [-0.1, -0.05) is 19.3 Å². The van der Waals surface area contributed by atoms with Gasteiger partial charge in [-0.25, -0.2) is 9.97 Å². The number of amides is 2. The van der Waals surface area contributed by atoms with Crippen molar-refractivity contribution in [1.29, 1.82) is 0 Å². The number of hydrogen-bond donors (Lipinski definition) is 2. The number of benzene rings is 2. The third kappa shape index (κ3) is 6.21. The second-order valence-electron chi connectivity index (χ2n) is 12.8. The number of aromatic nitrogens is 4. The highest BCUT2D eigenvalue weighted by atomic mass is 16.5. The van der Waals surface area contributed by atoms with Crippen molar-refractivity contribution in [2.75, 3.05) is 63.1 Å². The molecular formula is C35H42N8O3. The van der Waals surface area contributed by atoms with Crippen molar-refractivity contribution in [1.82, 2.24) is 30.0 Å². The molecule has 1 saturated carbocycles. The number of H-pyrrole nitrogens is 1. The molecular weight excluding hydrogens is 580 g/mol. The molecule has 4 heterocycles. The summed E-state index contributed by atoms with van der Waals surface area (Å²) in [6, 6.07) is 16.0. The van der Waals surface area contributed by atoms with Crippen LogP contribution in [0.1, 0.15) is 50.1 Å². The summed E-state index contributed by atoms with van der Waals surface area (Å²) in [6.07, 6.45) is 10.1. The van der Waals surface area contributed by atoms with Crippen molar-refractivity contribution < 1.29 is 14.3 Å². The highest BCUT2D eigenvalue weighted by Gasteiger charge is 2.45. The Kier molecular flexibility index (Phi) is 8.68. The lowest BCUT2D eigenvalue weighted by Crippen LogP contribution is -2.52. The summed E-state index contributed by atoms with van der Waals surface area (Å²) >= 11 is 0. The topological polar surface area (TPSA) is 120 Å². The molecule has 1 aliphatic carbocycles. The third-order valence-corrected chi connectivity index (χ3v) is 10.0. The molecule has 2 aromatic carbocycles. The van der Waals surface area contributed by atoms with Crippen molar-refractivity contribution in [2.24, 2.45) is 0 Å². The second kappa shape index (κ2) is 13.2. The Labute approximate surface area is 269 Å². The number of nitrogens with one attached hydrogen (secondary N) is 2. The molecule has 3 aliphatic rings. The van der Waals surface area contributed by atoms with E-state index in [1.165, 1.54) is 37.8 Å². The number of carbonyl (C=O) groups excluding carboxylic acids is 2. The molecule has 11 heteroatoms. The van der Waals surface area contributed by atoms with E-state index in [4.69, 9.17) is 4.74 Å². The van der Waals surface area contributed by atoms with Gasteiger partial charge in [0.15, 0.2) is 11.4 Å². The van der Waals surface area contributed by atoms with Crippen molar-refractivity contribution in [3.63, 3.8) is 0 Å². The van der Waals surface area contributed by atoms with Gasteiger partial charge in [0, 0.05) is 92.7 Å². The lowest BCUT2D eigenvalue weighted by atomic mass is 9.86. The van der Waals surface area contributed by atoms with E-state index < -0.39 is 5.60 Å². The monoisotopic (exact) mass is 622 g/mol. The summed E-state index contributed by atoms with van der Waals surface area (Å²) in [7, 11) is 1.59. The van der Waals surface area contributed by atoms with E-state index in [-0.39, 0.29) is 18.4 Å². The highest BCUT2D eigenvalue weighted by Crippen LogP contribution is 2.36. The number of ether oxygens (including phenoxy) is 1. The van der Waals surface area contributed by atoms with E-state index in [2.05, 4.69) is 42.5 Å². The van der Waals surface area contributed by atoms with Gasteiger partial charge in [0.25, 0.3) is 5.91 Å². The number of carbonyl (C=O) groups is 2. The first kappa shape index (κ1) is 30.3. The maximum absolute atomic E-state index is 13.6. The molecule has 2 amide bonds. The number of aromatic amines is 1. The average Bonchev–Trinajstić information content (AvgIpc) is 3.74. The fourth-order valence-corrected chi connectivity index (χ4v) is 7.27. The van der Waals surface area contributed by atoms with Gasteiger partial charge < -0.3 is 19.9 Å². The van der Waals surface area contributed by atoms with Crippen molar-refractivity contribution in [3.05, 3.63) is 66.6 Å². The van der Waals surface area contributed by atoms with E-state index in [0.29, 0.717) is 44.3 Å². The predicted octanol–water partition coefficient (Wildman–Crippen LogP) is 4.45. The first-order valence-corrected chi connectivity index (χ1v) is 16.5. The van der Waals surface area contributed by atoms with E-state index >= 15 is 0 Å². The van der Waals surface area contributed by atoms with E-state index in [0.717, 1.165) is 40.9 Å². The van der Waals surface area contributed by atoms with Gasteiger partial charge in [0.1, 0.15) is 0 Å². The highest BCUT2D eigenvalue weighted by molar-refractivity contribution is 5.99. The van der Waals surface area contributed by atoms with Crippen LogP contribution in [0.5, 0.6) is 0 Å². The minimum atomic E-state index is -1.01. The fourth-order valence-electron chi connectivity index (χ4n) is 7.27. The molecule has 4 aromatic rings. The molecule has 7 rings (SSSR count). The maximum atomic E-state index is 13.6. The van der Waals surface area contributed by atoms with E-state index in [9.17, 15) is 9.59 Å². The van der Waals surface area contributed by atoms with E-state index in [1.54, 1.807) is 19.5 Å². The van der Waals surface area contributed by atoms with E-state index in [1.807, 2.05) is 46.2 Å². The third-order valence-electron chi connectivity index (χ3n) is 10.0. The van der Waals surface area contributed by atoms with Crippen LogP contribution in [-0.2, 0) is 14.3 Å². The predicted molar refractivity (Wildman–Crippen MR) is 178 cm³/mol. The summed E-state index contributed by atoms with van der Waals surface area (Å²) in [4.78, 5) is 41.9. The lowest BCUT2D eigenvalue weighted by Gasteiger charge is -2.37. The van der Waals surface area contributed by atoms with Gasteiger partial charge in [-0.15, -0.1) is 0 Å². The normalized spacial score (nSPS) is 21.2. The maximum Gasteiger partial charge on any atom is 0.258 e. The molecule has 1 atom stereocenters. The Morgan fingerprint density at radius 2 is 1.74 bits per heavy atom. The van der Waals surface area contributed by atoms with Crippen LogP contribution in [0.2, 0.25) is 0 Å². The number of nitrogens with zero attached hydrogens (tertiary/aromatic N) is 6. The van der Waals surface area contributed by atoms with Gasteiger partial charge in [0.05, 0.1) is 12.1 Å². The zero-order chi connectivity index (χ0) is 31.5. The summed E-state index contributed by atoms with van der Waals surface area (Å²) in [6.45, 7) is 4.12. The van der Waals surface area contributed by atoms with Gasteiger partial charge in [-0.05, 0) is 67.8 Å². The van der Waals surface area contributed by atoms with Gasteiger partial charge >= 0.3 is 0 Å². The minimum Gasteiger partial charge on any atom is -0.368 e.